The van der Waals surface area contributed by atoms with Crippen molar-refractivity contribution in [3.8, 4) is 23.6 Å². The average Bonchev–Trinajstić information content (AvgIpc) is 2.47. The molecule has 0 bridgehead atoms. The van der Waals surface area contributed by atoms with E-state index in [1.54, 1.807) is 17.0 Å². The van der Waals surface area contributed by atoms with E-state index in [0.717, 1.165) is 0 Å². The highest BCUT2D eigenvalue weighted by Crippen LogP contribution is 2.35. The van der Waals surface area contributed by atoms with Crippen LogP contribution in [0.2, 0.25) is 0 Å². The second kappa shape index (κ2) is 5.77. The van der Waals surface area contributed by atoms with Crippen molar-refractivity contribution in [2.75, 3.05) is 19.0 Å². The Hall–Kier alpha value is -2.98. The largest absolute Gasteiger partial charge is 0.455 e. The van der Waals surface area contributed by atoms with Gasteiger partial charge in [0.05, 0.1) is 16.8 Å². The van der Waals surface area contributed by atoms with Crippen LogP contribution in [0, 0.1) is 22.7 Å². The number of para-hydroxylation sites is 1. The minimum atomic E-state index is 0.325. The summed E-state index contributed by atoms with van der Waals surface area (Å²) in [4.78, 5) is 1.78. The molecule has 0 aliphatic rings. The number of nitriles is 2. The molecule has 0 aromatic heterocycles. The number of benzene rings is 2. The molecule has 0 heterocycles. The molecule has 2 rings (SSSR count). The van der Waals surface area contributed by atoms with Gasteiger partial charge in [0.25, 0.3) is 0 Å². The fourth-order valence-corrected chi connectivity index (χ4v) is 1.92. The number of hydrogen-bond acceptors (Lipinski definition) is 4. The lowest BCUT2D eigenvalue weighted by Crippen LogP contribution is -2.12. The summed E-state index contributed by atoms with van der Waals surface area (Å²) in [6.07, 6.45) is 0. The number of nitrogens with zero attached hydrogens (tertiary/aromatic N) is 3. The molecule has 0 spiro atoms. The first-order chi connectivity index (χ1) is 9.67. The van der Waals surface area contributed by atoms with Gasteiger partial charge in [-0.05, 0) is 24.3 Å². The summed E-state index contributed by atoms with van der Waals surface area (Å²) in [5.74, 6) is 1.24. The minimum absolute atomic E-state index is 0.325. The average molecular weight is 263 g/mol. The maximum Gasteiger partial charge on any atom is 0.152 e. The van der Waals surface area contributed by atoms with E-state index >= 15 is 0 Å². The van der Waals surface area contributed by atoms with Gasteiger partial charge in [-0.25, -0.2) is 0 Å². The molecule has 0 aliphatic heterocycles. The van der Waals surface area contributed by atoms with E-state index in [-0.39, 0.29) is 0 Å². The highest BCUT2D eigenvalue weighted by molar-refractivity contribution is 5.72. The molecule has 4 heteroatoms. The van der Waals surface area contributed by atoms with Crippen LogP contribution in [-0.4, -0.2) is 14.1 Å². The van der Waals surface area contributed by atoms with Gasteiger partial charge in [-0.3, -0.25) is 0 Å². The summed E-state index contributed by atoms with van der Waals surface area (Å²) in [5, 5.41) is 18.4. The molecule has 0 aliphatic carbocycles. The van der Waals surface area contributed by atoms with Crippen LogP contribution in [0.1, 0.15) is 11.1 Å². The fraction of sp³-hybridized carbons (Fsp3) is 0.125. The Bertz CT molecular complexity index is 694. The standard InChI is InChI=1S/C16H13N3O/c1-19(2)16-14(11-18)12(10-17)8-9-15(16)20-13-6-4-3-5-7-13/h3-9H,1-2H3. The van der Waals surface area contributed by atoms with E-state index in [9.17, 15) is 5.26 Å². The first-order valence-electron chi connectivity index (χ1n) is 6.04. The molecular formula is C16H13N3O. The summed E-state index contributed by atoms with van der Waals surface area (Å²) < 4.78 is 5.81. The second-order valence-electron chi connectivity index (χ2n) is 4.37. The molecule has 2 aromatic rings. The zero-order valence-electron chi connectivity index (χ0n) is 11.3. The topological polar surface area (TPSA) is 60.0 Å². The maximum absolute atomic E-state index is 9.29. The van der Waals surface area contributed by atoms with E-state index in [2.05, 4.69) is 6.07 Å². The lowest BCUT2D eigenvalue weighted by atomic mass is 10.1. The number of anilines is 1. The van der Waals surface area contributed by atoms with E-state index in [1.165, 1.54) is 0 Å². The van der Waals surface area contributed by atoms with Crippen molar-refractivity contribution in [3.63, 3.8) is 0 Å². The van der Waals surface area contributed by atoms with Crippen LogP contribution < -0.4 is 9.64 Å². The second-order valence-corrected chi connectivity index (χ2v) is 4.37. The van der Waals surface area contributed by atoms with E-state index in [4.69, 9.17) is 10.00 Å². The Kier molecular flexibility index (Phi) is 3.88. The molecular weight excluding hydrogens is 250 g/mol. The van der Waals surface area contributed by atoms with Crippen molar-refractivity contribution in [1.82, 2.24) is 0 Å². The first-order valence-corrected chi connectivity index (χ1v) is 6.04. The van der Waals surface area contributed by atoms with Crippen LogP contribution in [-0.2, 0) is 0 Å². The van der Waals surface area contributed by atoms with Gasteiger partial charge in [-0.2, -0.15) is 10.5 Å². The summed E-state index contributed by atoms with van der Waals surface area (Å²) in [7, 11) is 3.63. The molecule has 0 fully saturated rings. The first kappa shape index (κ1) is 13.5. The van der Waals surface area contributed by atoms with Crippen LogP contribution in [0.5, 0.6) is 11.5 Å². The van der Waals surface area contributed by atoms with Crippen LogP contribution in [0.3, 0.4) is 0 Å². The number of ether oxygens (including phenoxy) is 1. The van der Waals surface area contributed by atoms with Gasteiger partial charge in [-0.15, -0.1) is 0 Å². The van der Waals surface area contributed by atoms with Crippen molar-refractivity contribution in [2.24, 2.45) is 0 Å². The van der Waals surface area contributed by atoms with E-state index < -0.39 is 0 Å². The predicted molar refractivity (Wildman–Crippen MR) is 76.7 cm³/mol. The summed E-state index contributed by atoms with van der Waals surface area (Å²) in [6.45, 7) is 0. The molecule has 4 nitrogen and oxygen atoms in total. The van der Waals surface area contributed by atoms with Crippen molar-refractivity contribution in [3.05, 3.63) is 53.6 Å². The van der Waals surface area contributed by atoms with Gasteiger partial charge in [0.2, 0.25) is 0 Å². The molecule has 20 heavy (non-hydrogen) atoms. The molecule has 98 valence electrons. The number of rotatable bonds is 3. The third kappa shape index (κ3) is 2.55. The number of hydrogen-bond donors (Lipinski definition) is 0. The van der Waals surface area contributed by atoms with Gasteiger partial charge in [0.1, 0.15) is 17.9 Å². The Balaban J connectivity index is 2.55. The Morgan fingerprint density at radius 3 is 2.20 bits per heavy atom. The Labute approximate surface area is 118 Å². The lowest BCUT2D eigenvalue weighted by Gasteiger charge is -2.19. The van der Waals surface area contributed by atoms with Crippen LogP contribution in [0.25, 0.3) is 0 Å². The highest BCUT2D eigenvalue weighted by atomic mass is 16.5. The highest BCUT2D eigenvalue weighted by Gasteiger charge is 2.16. The smallest absolute Gasteiger partial charge is 0.152 e. The summed E-state index contributed by atoms with van der Waals surface area (Å²) in [6, 6.07) is 16.7. The molecule has 0 N–H and O–H groups in total. The van der Waals surface area contributed by atoms with Crippen molar-refractivity contribution in [1.29, 1.82) is 10.5 Å². The Morgan fingerprint density at radius 2 is 1.65 bits per heavy atom. The van der Waals surface area contributed by atoms with E-state index in [1.807, 2.05) is 50.5 Å². The van der Waals surface area contributed by atoms with Gasteiger partial charge < -0.3 is 9.64 Å². The normalized spacial score (nSPS) is 9.40. The third-order valence-electron chi connectivity index (χ3n) is 2.79. The molecule has 0 saturated carbocycles. The van der Waals surface area contributed by atoms with Crippen molar-refractivity contribution >= 4 is 5.69 Å². The van der Waals surface area contributed by atoms with Crippen LogP contribution in [0.15, 0.2) is 42.5 Å². The molecule has 0 amide bonds. The quantitative estimate of drug-likeness (QED) is 0.852. The van der Waals surface area contributed by atoms with Gasteiger partial charge >= 0.3 is 0 Å². The summed E-state index contributed by atoms with van der Waals surface area (Å²) >= 11 is 0. The van der Waals surface area contributed by atoms with Crippen LogP contribution in [0.4, 0.5) is 5.69 Å². The SMILES string of the molecule is CN(C)c1c(Oc2ccccc2)ccc(C#N)c1C#N. The third-order valence-corrected chi connectivity index (χ3v) is 2.79. The molecule has 2 aromatic carbocycles. The molecule has 0 unspecified atom stereocenters. The predicted octanol–water partition coefficient (Wildman–Crippen LogP) is 3.29. The molecule has 0 radical (unpaired) electrons. The lowest BCUT2D eigenvalue weighted by molar-refractivity contribution is 0.483. The zero-order chi connectivity index (χ0) is 14.5. The fourth-order valence-electron chi connectivity index (χ4n) is 1.92. The Morgan fingerprint density at radius 1 is 0.950 bits per heavy atom. The van der Waals surface area contributed by atoms with Gasteiger partial charge in [0.15, 0.2) is 5.75 Å². The minimum Gasteiger partial charge on any atom is -0.455 e. The van der Waals surface area contributed by atoms with Gasteiger partial charge in [0, 0.05) is 14.1 Å². The maximum atomic E-state index is 9.29. The molecule has 0 atom stereocenters. The monoisotopic (exact) mass is 263 g/mol. The van der Waals surface area contributed by atoms with Crippen LogP contribution >= 0.6 is 0 Å². The van der Waals surface area contributed by atoms with Gasteiger partial charge in [-0.1, -0.05) is 18.2 Å². The zero-order valence-corrected chi connectivity index (χ0v) is 11.3. The van der Waals surface area contributed by atoms with E-state index in [0.29, 0.717) is 28.3 Å². The van der Waals surface area contributed by atoms with Crippen molar-refractivity contribution < 1.29 is 4.74 Å². The molecule has 0 saturated heterocycles. The summed E-state index contributed by atoms with van der Waals surface area (Å²) in [5.41, 5.74) is 1.28. The van der Waals surface area contributed by atoms with Crippen molar-refractivity contribution in [2.45, 2.75) is 0 Å².